The number of aliphatic hydroxyl groups is 1. The molecule has 1 fully saturated rings. The second-order valence-corrected chi connectivity index (χ2v) is 8.28. The number of nitrogens with zero attached hydrogens (tertiary/aromatic N) is 1. The SMILES string of the molecule is CCCCCCCNC1CCN[C@H](CC(O)c2ccnc3ccc(OC)cc23)C1. The third-order valence-electron chi connectivity index (χ3n) is 6.06. The molecule has 160 valence electrons. The van der Waals surface area contributed by atoms with Crippen molar-refractivity contribution in [2.75, 3.05) is 20.2 Å². The molecule has 2 unspecified atom stereocenters. The summed E-state index contributed by atoms with van der Waals surface area (Å²) in [5.74, 6) is 0.790. The zero-order chi connectivity index (χ0) is 20.5. The van der Waals surface area contributed by atoms with Gasteiger partial charge in [0.25, 0.3) is 0 Å². The van der Waals surface area contributed by atoms with Crippen LogP contribution in [-0.2, 0) is 0 Å². The molecule has 0 spiro atoms. The fourth-order valence-electron chi connectivity index (χ4n) is 4.37. The van der Waals surface area contributed by atoms with Crippen LogP contribution in [0.3, 0.4) is 0 Å². The third kappa shape index (κ3) is 6.39. The first-order chi connectivity index (χ1) is 14.2. The summed E-state index contributed by atoms with van der Waals surface area (Å²) < 4.78 is 5.36. The highest BCUT2D eigenvalue weighted by atomic mass is 16.5. The van der Waals surface area contributed by atoms with Crippen molar-refractivity contribution in [1.82, 2.24) is 15.6 Å². The van der Waals surface area contributed by atoms with Gasteiger partial charge in [-0.2, -0.15) is 0 Å². The van der Waals surface area contributed by atoms with Crippen molar-refractivity contribution in [3.8, 4) is 5.75 Å². The Kier molecular flexibility index (Phi) is 8.71. The molecule has 5 nitrogen and oxygen atoms in total. The molecule has 5 heteroatoms. The average molecular weight is 400 g/mol. The fourth-order valence-corrected chi connectivity index (χ4v) is 4.37. The van der Waals surface area contributed by atoms with E-state index in [4.69, 9.17) is 4.74 Å². The molecule has 0 amide bonds. The minimum atomic E-state index is -0.516. The summed E-state index contributed by atoms with van der Waals surface area (Å²) in [7, 11) is 1.66. The number of fused-ring (bicyclic) bond motifs is 1. The summed E-state index contributed by atoms with van der Waals surface area (Å²) in [6.07, 6.45) is 10.8. The molecule has 1 aromatic heterocycles. The monoisotopic (exact) mass is 399 g/mol. The van der Waals surface area contributed by atoms with Gasteiger partial charge in [-0.15, -0.1) is 0 Å². The quantitative estimate of drug-likeness (QED) is 0.490. The van der Waals surface area contributed by atoms with Crippen LogP contribution >= 0.6 is 0 Å². The number of unbranched alkanes of at least 4 members (excludes halogenated alkanes) is 4. The number of nitrogens with one attached hydrogen (secondary N) is 2. The van der Waals surface area contributed by atoms with Gasteiger partial charge >= 0.3 is 0 Å². The van der Waals surface area contributed by atoms with Crippen molar-refractivity contribution < 1.29 is 9.84 Å². The van der Waals surface area contributed by atoms with E-state index in [9.17, 15) is 5.11 Å². The van der Waals surface area contributed by atoms with Crippen molar-refractivity contribution in [2.24, 2.45) is 0 Å². The first kappa shape index (κ1) is 22.0. The van der Waals surface area contributed by atoms with Crippen LogP contribution in [0.15, 0.2) is 30.5 Å². The molecule has 1 saturated heterocycles. The minimum Gasteiger partial charge on any atom is -0.497 e. The van der Waals surface area contributed by atoms with Gasteiger partial charge in [-0.25, -0.2) is 0 Å². The van der Waals surface area contributed by atoms with E-state index in [0.29, 0.717) is 18.5 Å². The minimum absolute atomic E-state index is 0.324. The largest absolute Gasteiger partial charge is 0.497 e. The van der Waals surface area contributed by atoms with Crippen molar-refractivity contribution >= 4 is 10.9 Å². The molecule has 0 radical (unpaired) electrons. The summed E-state index contributed by atoms with van der Waals surface area (Å²) in [6.45, 7) is 4.38. The predicted octanol–water partition coefficient (Wildman–Crippen LogP) is 4.35. The van der Waals surface area contributed by atoms with Gasteiger partial charge < -0.3 is 20.5 Å². The molecule has 0 aliphatic carbocycles. The van der Waals surface area contributed by atoms with Gasteiger partial charge in [-0.1, -0.05) is 32.6 Å². The maximum Gasteiger partial charge on any atom is 0.119 e. The van der Waals surface area contributed by atoms with E-state index in [-0.39, 0.29) is 0 Å². The number of benzene rings is 1. The summed E-state index contributed by atoms with van der Waals surface area (Å²) in [4.78, 5) is 4.43. The first-order valence-corrected chi connectivity index (χ1v) is 11.3. The molecule has 3 rings (SSSR count). The third-order valence-corrected chi connectivity index (χ3v) is 6.06. The number of rotatable bonds is 11. The van der Waals surface area contributed by atoms with Crippen molar-refractivity contribution in [3.05, 3.63) is 36.0 Å². The Balaban J connectivity index is 1.54. The van der Waals surface area contributed by atoms with E-state index in [1.807, 2.05) is 24.3 Å². The molecule has 1 aliphatic rings. The van der Waals surface area contributed by atoms with Gasteiger partial charge in [0.15, 0.2) is 0 Å². The van der Waals surface area contributed by atoms with Crippen LogP contribution in [0, 0.1) is 0 Å². The second kappa shape index (κ2) is 11.5. The predicted molar refractivity (Wildman–Crippen MR) is 119 cm³/mol. The highest BCUT2D eigenvalue weighted by Crippen LogP contribution is 2.30. The van der Waals surface area contributed by atoms with Crippen LogP contribution in [0.5, 0.6) is 5.75 Å². The van der Waals surface area contributed by atoms with Crippen LogP contribution < -0.4 is 15.4 Å². The van der Waals surface area contributed by atoms with Crippen molar-refractivity contribution in [3.63, 3.8) is 0 Å². The molecule has 2 aromatic rings. The van der Waals surface area contributed by atoms with E-state index in [2.05, 4.69) is 22.5 Å². The number of piperidine rings is 1. The van der Waals surface area contributed by atoms with Gasteiger partial charge in [0.05, 0.1) is 18.7 Å². The lowest BCUT2D eigenvalue weighted by molar-refractivity contribution is 0.141. The highest BCUT2D eigenvalue weighted by molar-refractivity contribution is 5.83. The Morgan fingerprint density at radius 2 is 2.10 bits per heavy atom. The van der Waals surface area contributed by atoms with E-state index in [1.54, 1.807) is 13.3 Å². The Morgan fingerprint density at radius 3 is 2.93 bits per heavy atom. The number of hydrogen-bond donors (Lipinski definition) is 3. The van der Waals surface area contributed by atoms with Crippen LogP contribution in [0.2, 0.25) is 0 Å². The maximum absolute atomic E-state index is 11.0. The van der Waals surface area contributed by atoms with Crippen molar-refractivity contribution in [1.29, 1.82) is 0 Å². The lowest BCUT2D eigenvalue weighted by Gasteiger charge is -2.32. The Bertz CT molecular complexity index is 752. The average Bonchev–Trinajstić information content (AvgIpc) is 2.75. The molecular weight excluding hydrogens is 362 g/mol. The number of methoxy groups -OCH3 is 1. The summed E-state index contributed by atoms with van der Waals surface area (Å²) >= 11 is 0. The lowest BCUT2D eigenvalue weighted by atomic mass is 9.92. The second-order valence-electron chi connectivity index (χ2n) is 8.28. The van der Waals surface area contributed by atoms with E-state index >= 15 is 0 Å². The Labute approximate surface area is 175 Å². The smallest absolute Gasteiger partial charge is 0.119 e. The molecule has 29 heavy (non-hydrogen) atoms. The standard InChI is InChI=1S/C24H37N3O2/c1-3-4-5-6-7-12-25-18-10-13-26-19(15-18)16-24(28)21-11-14-27-23-9-8-20(29-2)17-22(21)23/h8-9,11,14,17-19,24-26,28H,3-7,10,12-13,15-16H2,1-2H3/t18?,19-,24?/m0/s1. The number of pyridine rings is 1. The van der Waals surface area contributed by atoms with Crippen LogP contribution in [0.1, 0.15) is 70.0 Å². The van der Waals surface area contributed by atoms with E-state index in [1.165, 1.54) is 32.1 Å². The molecule has 1 aliphatic heterocycles. The number of aromatic nitrogens is 1. The topological polar surface area (TPSA) is 66.4 Å². The summed E-state index contributed by atoms with van der Waals surface area (Å²) in [6, 6.07) is 8.63. The van der Waals surface area contributed by atoms with Gasteiger partial charge in [0, 0.05) is 23.7 Å². The number of ether oxygens (including phenoxy) is 1. The highest BCUT2D eigenvalue weighted by Gasteiger charge is 2.24. The fraction of sp³-hybridized carbons (Fsp3) is 0.625. The van der Waals surface area contributed by atoms with E-state index < -0.39 is 6.10 Å². The Hall–Kier alpha value is -1.69. The number of hydrogen-bond acceptors (Lipinski definition) is 5. The maximum atomic E-state index is 11.0. The van der Waals surface area contributed by atoms with Gasteiger partial charge in [0.1, 0.15) is 5.75 Å². The Morgan fingerprint density at radius 1 is 1.24 bits per heavy atom. The molecule has 0 bridgehead atoms. The van der Waals surface area contributed by atoms with Crippen LogP contribution in [0.25, 0.3) is 10.9 Å². The first-order valence-electron chi connectivity index (χ1n) is 11.3. The molecule has 2 heterocycles. The molecular formula is C24H37N3O2. The van der Waals surface area contributed by atoms with Gasteiger partial charge in [-0.05, 0) is 68.6 Å². The van der Waals surface area contributed by atoms with Crippen molar-refractivity contribution in [2.45, 2.75) is 76.5 Å². The van der Waals surface area contributed by atoms with Crippen LogP contribution in [0.4, 0.5) is 0 Å². The lowest BCUT2D eigenvalue weighted by Crippen LogP contribution is -2.46. The van der Waals surface area contributed by atoms with Crippen LogP contribution in [-0.4, -0.2) is 42.4 Å². The molecule has 1 aromatic carbocycles. The van der Waals surface area contributed by atoms with E-state index in [0.717, 1.165) is 48.1 Å². The zero-order valence-electron chi connectivity index (χ0n) is 18.0. The summed E-state index contributed by atoms with van der Waals surface area (Å²) in [5.41, 5.74) is 1.82. The zero-order valence-corrected chi connectivity index (χ0v) is 18.0. The summed E-state index contributed by atoms with van der Waals surface area (Å²) in [5, 5.41) is 19.3. The molecule has 0 saturated carbocycles. The van der Waals surface area contributed by atoms with Gasteiger partial charge in [0.2, 0.25) is 0 Å². The molecule has 3 atom stereocenters. The van der Waals surface area contributed by atoms with Gasteiger partial charge in [-0.3, -0.25) is 4.98 Å². The number of aliphatic hydroxyl groups excluding tert-OH is 1. The normalized spacial score (nSPS) is 20.7. The molecule has 3 N–H and O–H groups in total.